The number of benzene rings is 1. The Kier molecular flexibility index (Phi) is 7.51. The van der Waals surface area contributed by atoms with Gasteiger partial charge in [0.25, 0.3) is 12.3 Å². The summed E-state index contributed by atoms with van der Waals surface area (Å²) >= 11 is 2.98. The van der Waals surface area contributed by atoms with Gasteiger partial charge in [-0.25, -0.2) is 23.7 Å². The van der Waals surface area contributed by atoms with Gasteiger partial charge in [-0.05, 0) is 25.1 Å². The molecule has 7 nitrogen and oxygen atoms in total. The van der Waals surface area contributed by atoms with E-state index in [0.717, 1.165) is 12.1 Å². The molecule has 1 atom stereocenters. The summed E-state index contributed by atoms with van der Waals surface area (Å²) in [5.74, 6) is -0.644. The second-order valence-corrected chi connectivity index (χ2v) is 7.57. The topological polar surface area (TPSA) is 89.9 Å². The predicted octanol–water partition coefficient (Wildman–Crippen LogP) is 4.85. The van der Waals surface area contributed by atoms with Crippen LogP contribution in [0.25, 0.3) is 11.5 Å². The number of halogens is 6. The number of rotatable bonds is 7. The minimum Gasteiger partial charge on any atom is -0.484 e. The lowest BCUT2D eigenvalue weighted by atomic mass is 10.1. The Labute approximate surface area is 192 Å². The van der Waals surface area contributed by atoms with Crippen LogP contribution in [0.4, 0.5) is 22.0 Å². The van der Waals surface area contributed by atoms with Crippen LogP contribution in [0.3, 0.4) is 0 Å². The molecule has 0 radical (unpaired) electrons. The summed E-state index contributed by atoms with van der Waals surface area (Å²) in [5.41, 5.74) is -0.739. The van der Waals surface area contributed by atoms with Crippen molar-refractivity contribution in [2.24, 2.45) is 0 Å². The molecule has 0 bridgehead atoms. The number of nitrogens with one attached hydrogen (secondary N) is 1. The molecular formula is C20H15BrF5N5O2. The van der Waals surface area contributed by atoms with E-state index in [1.165, 1.54) is 30.9 Å². The summed E-state index contributed by atoms with van der Waals surface area (Å²) in [7, 11) is 0. The Morgan fingerprint density at radius 1 is 1.09 bits per heavy atom. The highest BCUT2D eigenvalue weighted by Crippen LogP contribution is 2.32. The number of ether oxygens (including phenoxy) is 1. The van der Waals surface area contributed by atoms with E-state index in [2.05, 4.69) is 41.2 Å². The predicted molar refractivity (Wildman–Crippen MR) is 110 cm³/mol. The average molecular weight is 532 g/mol. The summed E-state index contributed by atoms with van der Waals surface area (Å²) in [5, 5.41) is 2.58. The van der Waals surface area contributed by atoms with Gasteiger partial charge in [-0.2, -0.15) is 13.2 Å². The number of hydrogen-bond donors (Lipinski definition) is 1. The third kappa shape index (κ3) is 6.40. The molecule has 0 aliphatic heterocycles. The van der Waals surface area contributed by atoms with E-state index in [-0.39, 0.29) is 33.0 Å². The van der Waals surface area contributed by atoms with Crippen LogP contribution >= 0.6 is 15.9 Å². The van der Waals surface area contributed by atoms with Gasteiger partial charge in [-0.1, -0.05) is 15.9 Å². The minimum atomic E-state index is -4.62. The van der Waals surface area contributed by atoms with Crippen LogP contribution < -0.4 is 10.1 Å². The number of alkyl halides is 5. The molecule has 2 heterocycles. The molecular weight excluding hydrogens is 517 g/mol. The van der Waals surface area contributed by atoms with Crippen molar-refractivity contribution in [3.05, 3.63) is 64.3 Å². The van der Waals surface area contributed by atoms with Crippen LogP contribution in [0.1, 0.15) is 34.6 Å². The van der Waals surface area contributed by atoms with Gasteiger partial charge in [-0.3, -0.25) is 9.78 Å². The molecule has 3 aromatic rings. The third-order valence-corrected chi connectivity index (χ3v) is 4.65. The fourth-order valence-electron chi connectivity index (χ4n) is 2.74. The largest absolute Gasteiger partial charge is 0.484 e. The van der Waals surface area contributed by atoms with E-state index in [0.29, 0.717) is 0 Å². The van der Waals surface area contributed by atoms with E-state index in [1.54, 1.807) is 6.92 Å². The van der Waals surface area contributed by atoms with E-state index in [4.69, 9.17) is 4.74 Å². The summed E-state index contributed by atoms with van der Waals surface area (Å²) in [6.45, 7) is 0.752. The first-order valence-electron chi connectivity index (χ1n) is 9.27. The highest BCUT2D eigenvalue weighted by molar-refractivity contribution is 9.10. The number of nitrogens with zero attached hydrogens (tertiary/aromatic N) is 4. The maximum absolute atomic E-state index is 13.1. The summed E-state index contributed by atoms with van der Waals surface area (Å²) in [6, 6.07) is 2.09. The lowest BCUT2D eigenvalue weighted by Crippen LogP contribution is -2.28. The van der Waals surface area contributed by atoms with E-state index in [9.17, 15) is 26.7 Å². The van der Waals surface area contributed by atoms with Gasteiger partial charge < -0.3 is 10.1 Å². The number of hydrogen-bond acceptors (Lipinski definition) is 6. The summed E-state index contributed by atoms with van der Waals surface area (Å²) < 4.78 is 68.6. The Hall–Kier alpha value is -3.22. The lowest BCUT2D eigenvalue weighted by Gasteiger charge is -2.16. The fraction of sp³-hybridized carbons (Fsp3) is 0.250. The molecule has 1 unspecified atom stereocenters. The van der Waals surface area contributed by atoms with E-state index < -0.39 is 36.7 Å². The number of carbonyl (C=O) groups is 1. The fourth-order valence-corrected chi connectivity index (χ4v) is 3.24. The van der Waals surface area contributed by atoms with Crippen molar-refractivity contribution in [3.8, 4) is 17.3 Å². The van der Waals surface area contributed by atoms with Gasteiger partial charge in [0.2, 0.25) is 0 Å². The van der Waals surface area contributed by atoms with Crippen molar-refractivity contribution >= 4 is 21.8 Å². The molecule has 13 heteroatoms. The summed E-state index contributed by atoms with van der Waals surface area (Å²) in [6.07, 6.45) is -2.17. The Morgan fingerprint density at radius 3 is 2.39 bits per heavy atom. The normalized spacial score (nSPS) is 12.5. The quantitative estimate of drug-likeness (QED) is 0.438. The first kappa shape index (κ1) is 24.4. The van der Waals surface area contributed by atoms with Gasteiger partial charge >= 0.3 is 6.18 Å². The van der Waals surface area contributed by atoms with Crippen LogP contribution in [-0.2, 0) is 6.18 Å². The molecule has 0 fully saturated rings. The van der Waals surface area contributed by atoms with Crippen LogP contribution in [0.15, 0.2) is 47.5 Å². The van der Waals surface area contributed by atoms with Crippen LogP contribution in [0.5, 0.6) is 5.75 Å². The SMILES string of the molecule is CC(NC(=O)c1cc(Br)cc(C(F)(F)F)c1)c1nccnc1-c1ncc(OCC(F)F)cn1. The molecule has 1 aromatic carbocycles. The van der Waals surface area contributed by atoms with E-state index in [1.807, 2.05) is 0 Å². The Bertz CT molecular complexity index is 1130. The molecule has 0 aliphatic carbocycles. The zero-order valence-corrected chi connectivity index (χ0v) is 18.4. The first-order valence-corrected chi connectivity index (χ1v) is 10.1. The zero-order valence-electron chi connectivity index (χ0n) is 16.8. The number of aromatic nitrogens is 4. The van der Waals surface area contributed by atoms with Gasteiger partial charge in [0.15, 0.2) is 11.6 Å². The van der Waals surface area contributed by atoms with Gasteiger partial charge in [0, 0.05) is 22.4 Å². The van der Waals surface area contributed by atoms with Crippen molar-refractivity contribution < 1.29 is 31.5 Å². The van der Waals surface area contributed by atoms with Gasteiger partial charge in [0.1, 0.15) is 12.3 Å². The third-order valence-electron chi connectivity index (χ3n) is 4.19. The van der Waals surface area contributed by atoms with Crippen molar-refractivity contribution in [3.63, 3.8) is 0 Å². The maximum atomic E-state index is 13.1. The number of carbonyl (C=O) groups excluding carboxylic acids is 1. The smallest absolute Gasteiger partial charge is 0.416 e. The van der Waals surface area contributed by atoms with Crippen LogP contribution in [0, 0.1) is 0 Å². The lowest BCUT2D eigenvalue weighted by molar-refractivity contribution is -0.137. The first-order chi connectivity index (χ1) is 15.5. The molecule has 33 heavy (non-hydrogen) atoms. The molecule has 1 amide bonds. The maximum Gasteiger partial charge on any atom is 0.416 e. The van der Waals surface area contributed by atoms with Crippen molar-refractivity contribution in [2.75, 3.05) is 6.61 Å². The Balaban J connectivity index is 1.81. The highest BCUT2D eigenvalue weighted by Gasteiger charge is 2.32. The minimum absolute atomic E-state index is 0.0287. The Morgan fingerprint density at radius 2 is 1.76 bits per heavy atom. The molecule has 1 N–H and O–H groups in total. The molecule has 0 spiro atoms. The average Bonchev–Trinajstić information content (AvgIpc) is 2.77. The molecule has 174 valence electrons. The second kappa shape index (κ2) is 10.1. The molecule has 0 aliphatic rings. The van der Waals surface area contributed by atoms with Crippen LogP contribution in [0.2, 0.25) is 0 Å². The second-order valence-electron chi connectivity index (χ2n) is 6.66. The molecule has 0 saturated heterocycles. The molecule has 3 rings (SSSR count). The van der Waals surface area contributed by atoms with Gasteiger partial charge in [-0.15, -0.1) is 0 Å². The van der Waals surface area contributed by atoms with Crippen molar-refractivity contribution in [1.82, 2.24) is 25.3 Å². The van der Waals surface area contributed by atoms with Crippen molar-refractivity contribution in [2.45, 2.75) is 25.6 Å². The molecule has 0 saturated carbocycles. The summed E-state index contributed by atoms with van der Waals surface area (Å²) in [4.78, 5) is 29.0. The van der Waals surface area contributed by atoms with Crippen LogP contribution in [-0.4, -0.2) is 38.9 Å². The van der Waals surface area contributed by atoms with Gasteiger partial charge in [0.05, 0.1) is 29.7 Å². The monoisotopic (exact) mass is 531 g/mol. The standard InChI is InChI=1S/C20H15BrF5N5O2/c1-10(31-19(32)11-4-12(20(24,25)26)6-13(21)5-11)16-17(28-3-2-27-16)18-29-7-14(8-30-18)33-9-15(22)23/h2-8,10,15H,9H2,1H3,(H,31,32). The number of amides is 1. The zero-order chi connectivity index (χ0) is 24.2. The molecule has 2 aromatic heterocycles. The van der Waals surface area contributed by atoms with Crippen molar-refractivity contribution in [1.29, 1.82) is 0 Å². The highest BCUT2D eigenvalue weighted by atomic mass is 79.9. The van der Waals surface area contributed by atoms with E-state index >= 15 is 0 Å².